The minimum absolute atomic E-state index is 0.172. The Bertz CT molecular complexity index is 249. The van der Waals surface area contributed by atoms with Crippen molar-refractivity contribution in [1.82, 2.24) is 9.62 Å². The summed E-state index contributed by atoms with van der Waals surface area (Å²) in [7, 11) is -2.74. The monoisotopic (exact) mass is 220 g/mol. The maximum atomic E-state index is 11.9. The highest BCUT2D eigenvalue weighted by molar-refractivity contribution is 7.89. The third-order valence-electron chi connectivity index (χ3n) is 1.38. The van der Waals surface area contributed by atoms with Crippen LogP contribution in [0.2, 0.25) is 0 Å². The molecule has 80 valence electrons. The molecule has 0 spiro atoms. The predicted molar refractivity (Wildman–Crippen MR) is 41.5 cm³/mol. The molecule has 0 aliphatic rings. The molecule has 1 N–H and O–H groups in total. The first kappa shape index (κ1) is 12.7. The first-order valence-corrected chi connectivity index (χ1v) is 4.84. The topological polar surface area (TPSA) is 49.4 Å². The quantitative estimate of drug-likeness (QED) is 0.724. The molecule has 0 aromatic heterocycles. The van der Waals surface area contributed by atoms with Crippen LogP contribution in [0, 0.1) is 0 Å². The lowest BCUT2D eigenvalue weighted by Gasteiger charge is -2.18. The van der Waals surface area contributed by atoms with E-state index in [1.165, 1.54) is 7.05 Å². The van der Waals surface area contributed by atoms with E-state index in [2.05, 4.69) is 5.32 Å². The van der Waals surface area contributed by atoms with Gasteiger partial charge in [0.1, 0.15) is 0 Å². The number of alkyl halides is 3. The van der Waals surface area contributed by atoms with Gasteiger partial charge in [-0.2, -0.15) is 17.5 Å². The fourth-order valence-electron chi connectivity index (χ4n) is 0.566. The molecule has 0 unspecified atom stereocenters. The lowest BCUT2D eigenvalue weighted by Crippen LogP contribution is -2.40. The van der Waals surface area contributed by atoms with Gasteiger partial charge >= 0.3 is 15.5 Å². The molecular weight excluding hydrogens is 209 g/mol. The molecule has 0 saturated carbocycles. The fraction of sp³-hybridized carbons (Fsp3) is 1.00. The molecule has 0 aromatic carbocycles. The molecule has 4 nitrogen and oxygen atoms in total. The second kappa shape index (κ2) is 4.25. The molecule has 0 saturated heterocycles. The Morgan fingerprint density at radius 2 is 1.85 bits per heavy atom. The number of hydrogen-bond acceptors (Lipinski definition) is 3. The van der Waals surface area contributed by atoms with Crippen molar-refractivity contribution in [1.29, 1.82) is 0 Å². The summed E-state index contributed by atoms with van der Waals surface area (Å²) in [6.45, 7) is -0.0375. The zero-order valence-corrected chi connectivity index (χ0v) is 8.04. The number of hydrogen-bond donors (Lipinski definition) is 1. The van der Waals surface area contributed by atoms with Crippen LogP contribution in [0.1, 0.15) is 0 Å². The summed E-state index contributed by atoms with van der Waals surface area (Å²) in [6.07, 6.45) is 0. The van der Waals surface area contributed by atoms with Crippen LogP contribution in [0.15, 0.2) is 0 Å². The Labute approximate surface area is 74.8 Å². The van der Waals surface area contributed by atoms with Gasteiger partial charge in [0.2, 0.25) is 0 Å². The van der Waals surface area contributed by atoms with Crippen molar-refractivity contribution in [2.45, 2.75) is 5.51 Å². The SMILES string of the molecule is CNCCN(C)S(=O)(=O)C(F)(F)F. The smallest absolute Gasteiger partial charge is 0.318 e. The first-order valence-electron chi connectivity index (χ1n) is 3.40. The number of sulfonamides is 1. The van der Waals surface area contributed by atoms with Crippen molar-refractivity contribution in [3.63, 3.8) is 0 Å². The van der Waals surface area contributed by atoms with Gasteiger partial charge < -0.3 is 5.32 Å². The zero-order valence-electron chi connectivity index (χ0n) is 7.22. The predicted octanol–water partition coefficient (Wildman–Crippen LogP) is -0.0128. The van der Waals surface area contributed by atoms with Crippen molar-refractivity contribution in [2.24, 2.45) is 0 Å². The van der Waals surface area contributed by atoms with Crippen LogP contribution < -0.4 is 5.32 Å². The molecule has 8 heteroatoms. The Balaban J connectivity index is 4.48. The lowest BCUT2D eigenvalue weighted by atomic mass is 10.6. The summed E-state index contributed by atoms with van der Waals surface area (Å²) >= 11 is 0. The van der Waals surface area contributed by atoms with Crippen molar-refractivity contribution >= 4 is 10.0 Å². The van der Waals surface area contributed by atoms with E-state index >= 15 is 0 Å². The first-order chi connectivity index (χ1) is 5.73. The second-order valence-electron chi connectivity index (χ2n) is 2.38. The third-order valence-corrected chi connectivity index (χ3v) is 2.97. The average molecular weight is 220 g/mol. The standard InChI is InChI=1S/C5H11F3N2O2S/c1-9-3-4-10(2)13(11,12)5(6,7)8/h9H,3-4H2,1-2H3. The van der Waals surface area contributed by atoms with Gasteiger partial charge in [0.25, 0.3) is 0 Å². The third kappa shape index (κ3) is 3.12. The van der Waals surface area contributed by atoms with Gasteiger partial charge in [-0.1, -0.05) is 0 Å². The van der Waals surface area contributed by atoms with Crippen molar-refractivity contribution in [3.8, 4) is 0 Å². The van der Waals surface area contributed by atoms with E-state index in [0.29, 0.717) is 0 Å². The van der Waals surface area contributed by atoms with Crippen molar-refractivity contribution < 1.29 is 21.6 Å². The van der Waals surface area contributed by atoms with Gasteiger partial charge in [-0.15, -0.1) is 0 Å². The van der Waals surface area contributed by atoms with Gasteiger partial charge in [0, 0.05) is 20.1 Å². The summed E-state index contributed by atoms with van der Waals surface area (Å²) in [5.74, 6) is 0. The molecular formula is C5H11F3N2O2S. The summed E-state index contributed by atoms with van der Waals surface area (Å²) in [5, 5.41) is 2.55. The van der Waals surface area contributed by atoms with Crippen LogP contribution in [-0.2, 0) is 10.0 Å². The Morgan fingerprint density at radius 1 is 1.38 bits per heavy atom. The van der Waals surface area contributed by atoms with Crippen LogP contribution in [0.3, 0.4) is 0 Å². The van der Waals surface area contributed by atoms with E-state index < -0.39 is 15.5 Å². The van der Waals surface area contributed by atoms with Crippen LogP contribution in [-0.4, -0.2) is 45.4 Å². The van der Waals surface area contributed by atoms with Crippen molar-refractivity contribution in [3.05, 3.63) is 0 Å². The zero-order chi connectivity index (χ0) is 10.7. The molecule has 0 atom stereocenters. The number of nitrogens with one attached hydrogen (secondary N) is 1. The molecule has 0 aliphatic carbocycles. The van der Waals surface area contributed by atoms with Crippen LogP contribution in [0.4, 0.5) is 13.2 Å². The van der Waals surface area contributed by atoms with E-state index in [4.69, 9.17) is 0 Å². The second-order valence-corrected chi connectivity index (χ2v) is 4.41. The van der Waals surface area contributed by atoms with Crippen LogP contribution >= 0.6 is 0 Å². The van der Waals surface area contributed by atoms with Gasteiger partial charge in [0.05, 0.1) is 0 Å². The number of halogens is 3. The molecule has 0 radical (unpaired) electrons. The van der Waals surface area contributed by atoms with Gasteiger partial charge in [-0.3, -0.25) is 0 Å². The van der Waals surface area contributed by atoms with E-state index in [1.807, 2.05) is 0 Å². The maximum absolute atomic E-state index is 11.9. The summed E-state index contributed by atoms with van der Waals surface area (Å²) < 4.78 is 57.1. The molecule has 0 bridgehead atoms. The van der Waals surface area contributed by atoms with E-state index in [0.717, 1.165) is 7.05 Å². The molecule has 0 aromatic rings. The van der Waals surface area contributed by atoms with E-state index in [-0.39, 0.29) is 17.4 Å². The minimum Gasteiger partial charge on any atom is -0.318 e. The van der Waals surface area contributed by atoms with Gasteiger partial charge in [-0.25, -0.2) is 8.42 Å². The highest BCUT2D eigenvalue weighted by Crippen LogP contribution is 2.25. The van der Waals surface area contributed by atoms with Crippen LogP contribution in [0.25, 0.3) is 0 Å². The largest absolute Gasteiger partial charge is 0.511 e. The minimum atomic E-state index is -5.21. The summed E-state index contributed by atoms with van der Waals surface area (Å²) in [5.41, 5.74) is -5.21. The highest BCUT2D eigenvalue weighted by Gasteiger charge is 2.48. The molecule has 13 heavy (non-hydrogen) atoms. The Morgan fingerprint density at radius 3 is 2.15 bits per heavy atom. The number of rotatable bonds is 4. The average Bonchev–Trinajstić information content (AvgIpc) is 1.97. The molecule has 0 heterocycles. The number of likely N-dealkylation sites (N-methyl/N-ethyl adjacent to an activating group) is 2. The van der Waals surface area contributed by atoms with Gasteiger partial charge in [0.15, 0.2) is 0 Å². The Hall–Kier alpha value is -0.340. The summed E-state index contributed by atoms with van der Waals surface area (Å²) in [6, 6.07) is 0. The normalized spacial score (nSPS) is 13.7. The van der Waals surface area contributed by atoms with Crippen LogP contribution in [0.5, 0.6) is 0 Å². The van der Waals surface area contributed by atoms with Gasteiger partial charge in [-0.05, 0) is 7.05 Å². The molecule has 0 fully saturated rings. The maximum Gasteiger partial charge on any atom is 0.511 e. The highest BCUT2D eigenvalue weighted by atomic mass is 32.2. The number of nitrogens with zero attached hydrogens (tertiary/aromatic N) is 1. The van der Waals surface area contributed by atoms with Crippen molar-refractivity contribution in [2.75, 3.05) is 27.2 Å². The molecule has 0 rings (SSSR count). The summed E-state index contributed by atoms with van der Waals surface area (Å²) in [4.78, 5) is 0. The molecule has 0 aliphatic heterocycles. The Kier molecular flexibility index (Phi) is 4.14. The van der Waals surface area contributed by atoms with E-state index in [1.54, 1.807) is 0 Å². The molecule has 0 amide bonds. The fourth-order valence-corrected chi connectivity index (χ4v) is 1.25. The lowest BCUT2D eigenvalue weighted by molar-refractivity contribution is -0.0482. The van der Waals surface area contributed by atoms with E-state index in [9.17, 15) is 21.6 Å².